The average molecular weight is 511 g/mol. The zero-order chi connectivity index (χ0) is 25.6. The highest BCUT2D eigenvalue weighted by molar-refractivity contribution is 7.15. The molecule has 2 heterocycles. The van der Waals surface area contributed by atoms with Crippen molar-refractivity contribution in [2.24, 2.45) is 5.92 Å². The molecule has 0 radical (unpaired) electrons. The minimum Gasteiger partial charge on any atom is -0.483 e. The summed E-state index contributed by atoms with van der Waals surface area (Å²) in [5, 5.41) is 10.2. The third-order valence-electron chi connectivity index (χ3n) is 5.86. The van der Waals surface area contributed by atoms with Gasteiger partial charge in [0.25, 0.3) is 6.47 Å². The van der Waals surface area contributed by atoms with Gasteiger partial charge in [0.1, 0.15) is 10.7 Å². The Labute approximate surface area is 204 Å². The molecular weight excluding hydrogens is 484 g/mol. The van der Waals surface area contributed by atoms with Crippen LogP contribution in [0.1, 0.15) is 55.3 Å². The largest absolute Gasteiger partial charge is 0.483 e. The van der Waals surface area contributed by atoms with Gasteiger partial charge in [0.15, 0.2) is 5.67 Å². The Balaban J connectivity index is 0.00000108. The van der Waals surface area contributed by atoms with Gasteiger partial charge in [-0.3, -0.25) is 4.79 Å². The molecule has 2 aromatic heterocycles. The SMILES string of the molecule is Cc1cc(Nc2nccc(C(F)(F)F)n2)cc(-c2cnc([C@](C)(F)C3CCCCC3)s2)c1.O=CO. The minimum atomic E-state index is -4.55. The normalized spacial score (nSPS) is 16.1. The quantitative estimate of drug-likeness (QED) is 0.280. The molecule has 11 heteroatoms. The van der Waals surface area contributed by atoms with Crippen LogP contribution < -0.4 is 5.32 Å². The molecule has 35 heavy (non-hydrogen) atoms. The molecule has 1 fully saturated rings. The number of hydrogen-bond donors (Lipinski definition) is 2. The van der Waals surface area contributed by atoms with Crippen molar-refractivity contribution in [3.05, 3.63) is 52.9 Å². The number of carbonyl (C=O) groups is 1. The number of benzene rings is 1. The third kappa shape index (κ3) is 6.74. The minimum absolute atomic E-state index is 0.0250. The smallest absolute Gasteiger partial charge is 0.433 e. The summed E-state index contributed by atoms with van der Waals surface area (Å²) in [6, 6.07) is 6.33. The van der Waals surface area contributed by atoms with Gasteiger partial charge in [-0.1, -0.05) is 25.3 Å². The van der Waals surface area contributed by atoms with Gasteiger partial charge in [0, 0.05) is 18.1 Å². The molecule has 0 spiro atoms. The highest BCUT2D eigenvalue weighted by Gasteiger charge is 2.39. The molecule has 2 N–H and O–H groups in total. The van der Waals surface area contributed by atoms with Crippen molar-refractivity contribution in [2.75, 3.05) is 5.32 Å². The second-order valence-corrected chi connectivity index (χ2v) is 9.55. The summed E-state index contributed by atoms with van der Waals surface area (Å²) < 4.78 is 54.4. The number of anilines is 2. The number of carboxylic acid groups (broad SMARTS) is 1. The van der Waals surface area contributed by atoms with E-state index in [1.807, 2.05) is 13.0 Å². The number of aryl methyl sites for hydroxylation is 1. The van der Waals surface area contributed by atoms with Gasteiger partial charge in [-0.05, 0) is 61.9 Å². The lowest BCUT2D eigenvalue weighted by molar-refractivity contribution is -0.141. The van der Waals surface area contributed by atoms with Crippen LogP contribution in [0, 0.1) is 12.8 Å². The fourth-order valence-corrected chi connectivity index (χ4v) is 5.18. The lowest BCUT2D eigenvalue weighted by Crippen LogP contribution is -2.28. The van der Waals surface area contributed by atoms with Gasteiger partial charge in [0.05, 0.1) is 4.88 Å². The number of nitrogens with one attached hydrogen (secondary N) is 1. The van der Waals surface area contributed by atoms with Crippen LogP contribution in [0.2, 0.25) is 0 Å². The van der Waals surface area contributed by atoms with Crippen molar-refractivity contribution >= 4 is 29.4 Å². The van der Waals surface area contributed by atoms with Crippen molar-refractivity contribution in [1.82, 2.24) is 15.0 Å². The number of nitrogens with zero attached hydrogens (tertiary/aromatic N) is 3. The van der Waals surface area contributed by atoms with Crippen molar-refractivity contribution in [3.8, 4) is 10.4 Å². The van der Waals surface area contributed by atoms with Gasteiger partial charge >= 0.3 is 6.18 Å². The summed E-state index contributed by atoms with van der Waals surface area (Å²) in [4.78, 5) is 21.0. The van der Waals surface area contributed by atoms with E-state index < -0.39 is 17.5 Å². The van der Waals surface area contributed by atoms with E-state index in [-0.39, 0.29) is 18.3 Å². The summed E-state index contributed by atoms with van der Waals surface area (Å²) in [6.07, 6.45) is 3.18. The predicted octanol–water partition coefficient (Wildman–Crippen LogP) is 7.14. The van der Waals surface area contributed by atoms with E-state index in [2.05, 4.69) is 20.3 Å². The Kier molecular flexibility index (Phi) is 8.42. The molecule has 0 amide bonds. The number of thiazole rings is 1. The maximum absolute atomic E-state index is 15.6. The summed E-state index contributed by atoms with van der Waals surface area (Å²) in [7, 11) is 0. The van der Waals surface area contributed by atoms with Crippen molar-refractivity contribution < 1.29 is 27.5 Å². The van der Waals surface area contributed by atoms with E-state index in [1.165, 1.54) is 11.3 Å². The van der Waals surface area contributed by atoms with Crippen LogP contribution in [0.5, 0.6) is 0 Å². The number of rotatable bonds is 5. The first-order valence-corrected chi connectivity index (χ1v) is 11.9. The molecule has 1 aliphatic rings. The molecule has 0 unspecified atom stereocenters. The van der Waals surface area contributed by atoms with E-state index in [4.69, 9.17) is 9.90 Å². The van der Waals surface area contributed by atoms with Crippen molar-refractivity contribution in [1.29, 1.82) is 0 Å². The van der Waals surface area contributed by atoms with Crippen LogP contribution in [-0.2, 0) is 16.6 Å². The first kappa shape index (κ1) is 26.5. The number of halogens is 4. The van der Waals surface area contributed by atoms with Gasteiger partial charge < -0.3 is 10.4 Å². The fraction of sp³-hybridized carbons (Fsp3) is 0.417. The molecule has 4 rings (SSSR count). The molecule has 0 saturated heterocycles. The second-order valence-electron chi connectivity index (χ2n) is 8.52. The molecule has 1 atom stereocenters. The van der Waals surface area contributed by atoms with Crippen molar-refractivity contribution in [3.63, 3.8) is 0 Å². The molecule has 1 aromatic carbocycles. The molecule has 0 aliphatic heterocycles. The number of hydrogen-bond acceptors (Lipinski definition) is 6. The molecular formula is C24H26F4N4O2S. The zero-order valence-corrected chi connectivity index (χ0v) is 20.1. The van der Waals surface area contributed by atoms with Crippen LogP contribution in [0.4, 0.5) is 29.2 Å². The van der Waals surface area contributed by atoms with E-state index in [0.717, 1.165) is 60.4 Å². The Morgan fingerprint density at radius 1 is 1.11 bits per heavy atom. The third-order valence-corrected chi connectivity index (χ3v) is 7.12. The topological polar surface area (TPSA) is 88.0 Å². The first-order valence-electron chi connectivity index (χ1n) is 11.1. The summed E-state index contributed by atoms with van der Waals surface area (Å²) in [5.74, 6) is -0.168. The lowest BCUT2D eigenvalue weighted by atomic mass is 9.79. The molecule has 1 aliphatic carbocycles. The molecule has 6 nitrogen and oxygen atoms in total. The standard InChI is InChI=1S/C23H24F4N4S.CH2O2/c1-14-10-15(12-17(11-14)30-21-28-9-8-19(31-21)23(25,26)27)18-13-29-20(32-18)22(2,24)16-6-4-3-5-7-16;2-1-3/h8-13,16H,3-7H2,1-2H3,(H,28,30,31);1H,(H,2,3)/t22-;/m1./s1. The number of aromatic nitrogens is 3. The van der Waals surface area contributed by atoms with E-state index >= 15 is 4.39 Å². The fourth-order valence-electron chi connectivity index (χ4n) is 4.16. The maximum Gasteiger partial charge on any atom is 0.433 e. The van der Waals surface area contributed by atoms with E-state index in [9.17, 15) is 13.2 Å². The van der Waals surface area contributed by atoms with Crippen LogP contribution in [0.3, 0.4) is 0 Å². The monoisotopic (exact) mass is 510 g/mol. The van der Waals surface area contributed by atoms with Crippen LogP contribution in [0.15, 0.2) is 36.7 Å². The maximum atomic E-state index is 15.6. The lowest BCUT2D eigenvalue weighted by Gasteiger charge is -2.31. The predicted molar refractivity (Wildman–Crippen MR) is 126 cm³/mol. The highest BCUT2D eigenvalue weighted by Crippen LogP contribution is 2.45. The second kappa shape index (κ2) is 11.1. The van der Waals surface area contributed by atoms with Crippen LogP contribution in [-0.4, -0.2) is 26.5 Å². The molecule has 3 aromatic rings. The van der Waals surface area contributed by atoms with E-state index in [1.54, 1.807) is 25.3 Å². The summed E-state index contributed by atoms with van der Waals surface area (Å²) in [6.45, 7) is 3.25. The summed E-state index contributed by atoms with van der Waals surface area (Å²) in [5.41, 5.74) is -0.241. The van der Waals surface area contributed by atoms with E-state index in [0.29, 0.717) is 10.7 Å². The highest BCUT2D eigenvalue weighted by atomic mass is 32.1. The Morgan fingerprint density at radius 2 is 1.80 bits per heavy atom. The summed E-state index contributed by atoms with van der Waals surface area (Å²) >= 11 is 1.32. The van der Waals surface area contributed by atoms with Gasteiger partial charge in [-0.25, -0.2) is 19.3 Å². The molecule has 188 valence electrons. The molecule has 1 saturated carbocycles. The van der Waals surface area contributed by atoms with Gasteiger partial charge in [-0.15, -0.1) is 11.3 Å². The van der Waals surface area contributed by atoms with Crippen LogP contribution in [0.25, 0.3) is 10.4 Å². The zero-order valence-electron chi connectivity index (χ0n) is 19.3. The average Bonchev–Trinajstić information content (AvgIpc) is 3.31. The molecule has 0 bridgehead atoms. The van der Waals surface area contributed by atoms with Gasteiger partial charge in [-0.2, -0.15) is 13.2 Å². The first-order chi connectivity index (χ1) is 16.5. The Bertz CT molecular complexity index is 1140. The van der Waals surface area contributed by atoms with Gasteiger partial charge in [0.2, 0.25) is 5.95 Å². The number of alkyl halides is 4. The van der Waals surface area contributed by atoms with Crippen molar-refractivity contribution in [2.45, 2.75) is 57.8 Å². The Hall–Kier alpha value is -3.08. The van der Waals surface area contributed by atoms with Crippen LogP contribution >= 0.6 is 11.3 Å². The Morgan fingerprint density at radius 3 is 2.46 bits per heavy atom.